The van der Waals surface area contributed by atoms with Gasteiger partial charge in [-0.15, -0.1) is 0 Å². The SMILES string of the molecule is CCCc1[nH]n(-c2cccc(C(F)(F)F)c2)c(=O)c1Br. The lowest BCUT2D eigenvalue weighted by atomic mass is 10.2. The molecule has 0 fully saturated rings. The molecule has 0 aliphatic carbocycles. The highest BCUT2D eigenvalue weighted by Gasteiger charge is 2.30. The van der Waals surface area contributed by atoms with Gasteiger partial charge in [-0.3, -0.25) is 9.89 Å². The van der Waals surface area contributed by atoms with E-state index in [1.54, 1.807) is 0 Å². The van der Waals surface area contributed by atoms with Crippen molar-refractivity contribution >= 4 is 15.9 Å². The molecule has 0 bridgehead atoms. The van der Waals surface area contributed by atoms with E-state index in [0.717, 1.165) is 23.2 Å². The highest BCUT2D eigenvalue weighted by molar-refractivity contribution is 9.10. The van der Waals surface area contributed by atoms with Crippen LogP contribution in [0, 0.1) is 0 Å². The minimum absolute atomic E-state index is 0.160. The normalized spacial score (nSPS) is 11.8. The van der Waals surface area contributed by atoms with Gasteiger partial charge in [-0.1, -0.05) is 19.4 Å². The van der Waals surface area contributed by atoms with Crippen LogP contribution in [0.1, 0.15) is 24.6 Å². The number of benzene rings is 1. The van der Waals surface area contributed by atoms with E-state index in [1.165, 1.54) is 12.1 Å². The van der Waals surface area contributed by atoms with E-state index in [9.17, 15) is 18.0 Å². The van der Waals surface area contributed by atoms with Crippen LogP contribution in [0.2, 0.25) is 0 Å². The van der Waals surface area contributed by atoms with Crippen molar-refractivity contribution in [2.24, 2.45) is 0 Å². The van der Waals surface area contributed by atoms with Crippen LogP contribution < -0.4 is 5.56 Å². The van der Waals surface area contributed by atoms with E-state index in [0.29, 0.717) is 16.6 Å². The molecule has 1 heterocycles. The van der Waals surface area contributed by atoms with Gasteiger partial charge in [-0.2, -0.15) is 13.2 Å². The summed E-state index contributed by atoms with van der Waals surface area (Å²) in [7, 11) is 0. The number of H-pyrrole nitrogens is 1. The van der Waals surface area contributed by atoms with Crippen LogP contribution in [0.3, 0.4) is 0 Å². The van der Waals surface area contributed by atoms with Crippen LogP contribution in [0.25, 0.3) is 5.69 Å². The fourth-order valence-corrected chi connectivity index (χ4v) is 2.35. The summed E-state index contributed by atoms with van der Waals surface area (Å²) in [4.78, 5) is 12.0. The van der Waals surface area contributed by atoms with Gasteiger partial charge in [0.15, 0.2) is 0 Å². The molecule has 0 amide bonds. The zero-order valence-corrected chi connectivity index (χ0v) is 12.2. The Morgan fingerprint density at radius 1 is 1.35 bits per heavy atom. The van der Waals surface area contributed by atoms with E-state index in [2.05, 4.69) is 21.0 Å². The number of nitrogens with one attached hydrogen (secondary N) is 1. The van der Waals surface area contributed by atoms with Crippen LogP contribution in [0.15, 0.2) is 33.5 Å². The van der Waals surface area contributed by atoms with Crippen molar-refractivity contribution in [2.45, 2.75) is 25.9 Å². The third-order valence-corrected chi connectivity index (χ3v) is 3.65. The predicted octanol–water partition coefficient (Wildman–Crippen LogP) is 3.90. The van der Waals surface area contributed by atoms with Gasteiger partial charge in [0.05, 0.1) is 16.9 Å². The number of hydrogen-bond donors (Lipinski definition) is 1. The zero-order chi connectivity index (χ0) is 14.9. The molecule has 0 unspecified atom stereocenters. The fourth-order valence-electron chi connectivity index (χ4n) is 1.88. The molecule has 1 aromatic heterocycles. The molecule has 0 spiro atoms. The summed E-state index contributed by atoms with van der Waals surface area (Å²) in [5.41, 5.74) is -0.347. The van der Waals surface area contributed by atoms with Gasteiger partial charge in [0, 0.05) is 0 Å². The van der Waals surface area contributed by atoms with Crippen molar-refractivity contribution in [2.75, 3.05) is 0 Å². The van der Waals surface area contributed by atoms with Crippen molar-refractivity contribution in [1.29, 1.82) is 0 Å². The minimum Gasteiger partial charge on any atom is -0.294 e. The van der Waals surface area contributed by atoms with Crippen molar-refractivity contribution in [1.82, 2.24) is 9.78 Å². The summed E-state index contributed by atoms with van der Waals surface area (Å²) in [6.07, 6.45) is -2.97. The Balaban J connectivity index is 2.52. The maximum Gasteiger partial charge on any atom is 0.416 e. The Kier molecular flexibility index (Phi) is 4.08. The lowest BCUT2D eigenvalue weighted by Crippen LogP contribution is -2.15. The molecule has 20 heavy (non-hydrogen) atoms. The van der Waals surface area contributed by atoms with Crippen LogP contribution in [-0.2, 0) is 12.6 Å². The molecule has 0 saturated heterocycles. The van der Waals surface area contributed by atoms with Crippen molar-refractivity contribution in [3.8, 4) is 5.69 Å². The molecule has 0 aliphatic rings. The van der Waals surface area contributed by atoms with Crippen LogP contribution in [0.4, 0.5) is 13.2 Å². The summed E-state index contributed by atoms with van der Waals surface area (Å²) < 4.78 is 39.5. The van der Waals surface area contributed by atoms with Gasteiger partial charge < -0.3 is 0 Å². The second kappa shape index (κ2) is 5.47. The first-order valence-corrected chi connectivity index (χ1v) is 6.81. The monoisotopic (exact) mass is 348 g/mol. The molecule has 7 heteroatoms. The number of aromatic nitrogens is 2. The molecule has 1 aromatic carbocycles. The summed E-state index contributed by atoms with van der Waals surface area (Å²) in [6, 6.07) is 4.65. The molecule has 1 N–H and O–H groups in total. The topological polar surface area (TPSA) is 37.8 Å². The zero-order valence-electron chi connectivity index (χ0n) is 10.6. The molecule has 3 nitrogen and oxygen atoms in total. The molecular weight excluding hydrogens is 337 g/mol. The Morgan fingerprint density at radius 3 is 2.65 bits per heavy atom. The Morgan fingerprint density at radius 2 is 2.05 bits per heavy atom. The fraction of sp³-hybridized carbons (Fsp3) is 0.308. The number of aromatic amines is 1. The largest absolute Gasteiger partial charge is 0.416 e. The van der Waals surface area contributed by atoms with Crippen molar-refractivity contribution in [3.63, 3.8) is 0 Å². The van der Waals surface area contributed by atoms with E-state index in [4.69, 9.17) is 0 Å². The number of rotatable bonds is 3. The first-order chi connectivity index (χ1) is 9.34. The molecule has 0 aliphatic heterocycles. The quantitative estimate of drug-likeness (QED) is 0.897. The third-order valence-electron chi connectivity index (χ3n) is 2.83. The summed E-state index contributed by atoms with van der Waals surface area (Å²) in [6.45, 7) is 1.95. The molecule has 0 saturated carbocycles. The maximum atomic E-state index is 12.7. The highest BCUT2D eigenvalue weighted by Crippen LogP contribution is 2.30. The first kappa shape index (κ1) is 14.9. The van der Waals surface area contributed by atoms with Gasteiger partial charge in [0.25, 0.3) is 5.56 Å². The number of hydrogen-bond acceptors (Lipinski definition) is 1. The number of alkyl halides is 3. The Labute approximate surface area is 121 Å². The van der Waals surface area contributed by atoms with Gasteiger partial charge >= 0.3 is 6.18 Å². The molecular formula is C13H12BrF3N2O. The predicted molar refractivity (Wildman–Crippen MR) is 73.1 cm³/mol. The molecule has 0 atom stereocenters. The standard InChI is InChI=1S/C13H12BrF3N2O/c1-2-4-10-11(14)12(20)19(18-10)9-6-3-5-8(7-9)13(15,16)17/h3,5-7,18H,2,4H2,1H3. The maximum absolute atomic E-state index is 12.7. The highest BCUT2D eigenvalue weighted by atomic mass is 79.9. The van der Waals surface area contributed by atoms with Crippen LogP contribution in [0.5, 0.6) is 0 Å². The lowest BCUT2D eigenvalue weighted by molar-refractivity contribution is -0.137. The summed E-state index contributed by atoms with van der Waals surface area (Å²) in [5, 5.41) is 2.84. The number of halogens is 4. The van der Waals surface area contributed by atoms with Crippen LogP contribution in [-0.4, -0.2) is 9.78 Å². The van der Waals surface area contributed by atoms with Crippen molar-refractivity contribution < 1.29 is 13.2 Å². The molecule has 0 radical (unpaired) electrons. The van der Waals surface area contributed by atoms with Gasteiger partial charge in [-0.25, -0.2) is 4.68 Å². The average Bonchev–Trinajstić information content (AvgIpc) is 2.67. The molecule has 108 valence electrons. The minimum atomic E-state index is -4.43. The second-order valence-electron chi connectivity index (χ2n) is 4.34. The Hall–Kier alpha value is -1.50. The van der Waals surface area contributed by atoms with Gasteiger partial charge in [0.2, 0.25) is 0 Å². The third kappa shape index (κ3) is 2.82. The number of aryl methyl sites for hydroxylation is 1. The smallest absolute Gasteiger partial charge is 0.294 e. The van der Waals surface area contributed by atoms with Gasteiger partial charge in [-0.05, 0) is 40.5 Å². The average molecular weight is 349 g/mol. The van der Waals surface area contributed by atoms with Crippen LogP contribution >= 0.6 is 15.9 Å². The Bertz CT molecular complexity index is 673. The van der Waals surface area contributed by atoms with E-state index >= 15 is 0 Å². The molecule has 2 rings (SSSR count). The first-order valence-electron chi connectivity index (χ1n) is 6.01. The second-order valence-corrected chi connectivity index (χ2v) is 5.14. The lowest BCUT2D eigenvalue weighted by Gasteiger charge is -2.08. The van der Waals surface area contributed by atoms with E-state index < -0.39 is 17.3 Å². The van der Waals surface area contributed by atoms with E-state index in [1.807, 2.05) is 6.92 Å². The summed E-state index contributed by atoms with van der Waals surface area (Å²) in [5.74, 6) is 0. The van der Waals surface area contributed by atoms with E-state index in [-0.39, 0.29) is 5.69 Å². The molecule has 2 aromatic rings. The summed E-state index contributed by atoms with van der Waals surface area (Å²) >= 11 is 3.17. The van der Waals surface area contributed by atoms with Gasteiger partial charge in [0.1, 0.15) is 4.47 Å². The van der Waals surface area contributed by atoms with Crippen molar-refractivity contribution in [3.05, 3.63) is 50.3 Å². The number of nitrogens with zero attached hydrogens (tertiary/aromatic N) is 1.